The van der Waals surface area contributed by atoms with Crippen LogP contribution in [0.4, 0.5) is 5.13 Å². The van der Waals surface area contributed by atoms with Crippen LogP contribution in [0.25, 0.3) is 0 Å². The number of halogens is 1. The van der Waals surface area contributed by atoms with Crippen LogP contribution >= 0.6 is 23.1 Å². The normalized spacial score (nSPS) is 17.9. The molecule has 0 aliphatic carbocycles. The minimum atomic E-state index is -0.649. The monoisotopic (exact) mass is 426 g/mol. The van der Waals surface area contributed by atoms with Gasteiger partial charge in [-0.2, -0.15) is 4.37 Å². The Morgan fingerprint density at radius 3 is 2.52 bits per heavy atom. The highest BCUT2D eigenvalue weighted by Gasteiger charge is 2.32. The van der Waals surface area contributed by atoms with E-state index < -0.39 is 5.38 Å². The Hall–Kier alpha value is -2.44. The topological polar surface area (TPSA) is 49.3 Å². The molecule has 0 N–H and O–H groups in total. The number of anilines is 1. The molecule has 0 spiro atoms. The van der Waals surface area contributed by atoms with Crippen LogP contribution in [0.5, 0.6) is 0 Å². The van der Waals surface area contributed by atoms with Gasteiger partial charge in [0.1, 0.15) is 11.2 Å². The fraction of sp³-hybridized carbons (Fsp3) is 0.318. The first kappa shape index (κ1) is 19.9. The van der Waals surface area contributed by atoms with E-state index in [0.29, 0.717) is 6.54 Å². The second-order valence-corrected chi connectivity index (χ2v) is 8.42. The minimum absolute atomic E-state index is 0.0351. The van der Waals surface area contributed by atoms with Gasteiger partial charge in [-0.15, -0.1) is 11.6 Å². The molecular formula is C22H23ClN4OS. The van der Waals surface area contributed by atoms with Crippen LogP contribution in [-0.4, -0.2) is 45.8 Å². The fourth-order valence-electron chi connectivity index (χ4n) is 3.59. The van der Waals surface area contributed by atoms with Gasteiger partial charge < -0.3 is 9.80 Å². The third-order valence-electron chi connectivity index (χ3n) is 5.15. The van der Waals surface area contributed by atoms with Crippen LogP contribution in [0.15, 0.2) is 60.7 Å². The molecule has 2 atom stereocenters. The molecule has 1 aliphatic rings. The fourth-order valence-corrected chi connectivity index (χ4v) is 4.58. The summed E-state index contributed by atoms with van der Waals surface area (Å²) in [7, 11) is 0. The smallest absolute Gasteiger partial charge is 0.245 e. The SMILES string of the molecule is CC1CN(c2nc(Cc3ccccc3)ns2)CCN1C(=O)C(Cl)c1ccccc1. The summed E-state index contributed by atoms with van der Waals surface area (Å²) >= 11 is 7.89. The van der Waals surface area contributed by atoms with E-state index in [4.69, 9.17) is 16.6 Å². The number of benzene rings is 2. The van der Waals surface area contributed by atoms with Crippen LogP contribution in [0.3, 0.4) is 0 Å². The molecule has 5 nitrogen and oxygen atoms in total. The van der Waals surface area contributed by atoms with Gasteiger partial charge in [-0.1, -0.05) is 60.7 Å². The number of nitrogens with zero attached hydrogens (tertiary/aromatic N) is 4. The molecule has 1 amide bonds. The summed E-state index contributed by atoms with van der Waals surface area (Å²) in [5.41, 5.74) is 2.04. The molecule has 29 heavy (non-hydrogen) atoms. The van der Waals surface area contributed by atoms with Gasteiger partial charge in [0.25, 0.3) is 0 Å². The molecule has 1 saturated heterocycles. The highest BCUT2D eigenvalue weighted by atomic mass is 35.5. The lowest BCUT2D eigenvalue weighted by atomic mass is 10.1. The summed E-state index contributed by atoms with van der Waals surface area (Å²) in [5, 5.41) is 0.268. The molecule has 4 rings (SSSR count). The molecule has 0 radical (unpaired) electrons. The number of carbonyl (C=O) groups is 1. The Bertz CT molecular complexity index is 950. The summed E-state index contributed by atoms with van der Waals surface area (Å²) in [4.78, 5) is 21.7. The first-order chi connectivity index (χ1) is 14.1. The van der Waals surface area contributed by atoms with Crippen LogP contribution in [0, 0.1) is 0 Å². The predicted octanol–water partition coefficient (Wildman–Crippen LogP) is 4.15. The van der Waals surface area contributed by atoms with Crippen molar-refractivity contribution in [3.8, 4) is 0 Å². The van der Waals surface area contributed by atoms with Crippen LogP contribution in [0.1, 0.15) is 29.3 Å². The van der Waals surface area contributed by atoms with Crippen molar-refractivity contribution >= 4 is 34.2 Å². The zero-order valence-corrected chi connectivity index (χ0v) is 17.8. The van der Waals surface area contributed by atoms with Crippen molar-refractivity contribution in [3.63, 3.8) is 0 Å². The Labute approximate surface area is 180 Å². The van der Waals surface area contributed by atoms with Crippen molar-refractivity contribution in [2.45, 2.75) is 24.8 Å². The maximum atomic E-state index is 12.9. The maximum absolute atomic E-state index is 12.9. The van der Waals surface area contributed by atoms with E-state index in [-0.39, 0.29) is 11.9 Å². The maximum Gasteiger partial charge on any atom is 0.245 e. The highest BCUT2D eigenvalue weighted by Crippen LogP contribution is 2.27. The van der Waals surface area contributed by atoms with E-state index in [0.717, 1.165) is 36.0 Å². The number of alkyl halides is 1. The summed E-state index contributed by atoms with van der Waals surface area (Å²) in [6, 6.07) is 19.8. The number of amides is 1. The van der Waals surface area contributed by atoms with Crippen molar-refractivity contribution in [1.82, 2.24) is 14.3 Å². The van der Waals surface area contributed by atoms with E-state index in [2.05, 4.69) is 28.3 Å². The Balaban J connectivity index is 1.38. The molecule has 2 unspecified atom stereocenters. The van der Waals surface area contributed by atoms with Crippen LogP contribution in [0.2, 0.25) is 0 Å². The third-order valence-corrected chi connectivity index (χ3v) is 6.41. The average molecular weight is 427 g/mol. The molecule has 3 aromatic rings. The summed E-state index contributed by atoms with van der Waals surface area (Å²) < 4.78 is 4.52. The van der Waals surface area contributed by atoms with Gasteiger partial charge in [0, 0.05) is 43.6 Å². The average Bonchev–Trinajstić information content (AvgIpc) is 3.22. The standard InChI is InChI=1S/C22H23ClN4OS/c1-16-15-26(22-24-19(25-29-22)14-17-8-4-2-5-9-17)12-13-27(16)21(28)20(23)18-10-6-3-7-11-18/h2-11,16,20H,12-15H2,1H3. The zero-order valence-electron chi connectivity index (χ0n) is 16.2. The molecule has 2 heterocycles. The van der Waals surface area contributed by atoms with E-state index in [1.165, 1.54) is 17.1 Å². The molecular weight excluding hydrogens is 404 g/mol. The Morgan fingerprint density at radius 2 is 1.83 bits per heavy atom. The second-order valence-electron chi connectivity index (χ2n) is 7.26. The third kappa shape index (κ3) is 4.60. The van der Waals surface area contributed by atoms with Gasteiger partial charge in [-0.3, -0.25) is 4.79 Å². The zero-order chi connectivity index (χ0) is 20.2. The van der Waals surface area contributed by atoms with Gasteiger partial charge >= 0.3 is 0 Å². The molecule has 2 aromatic carbocycles. The number of hydrogen-bond acceptors (Lipinski definition) is 5. The van der Waals surface area contributed by atoms with Gasteiger partial charge in [0.05, 0.1) is 0 Å². The van der Waals surface area contributed by atoms with Gasteiger partial charge in [-0.25, -0.2) is 4.98 Å². The summed E-state index contributed by atoms with van der Waals surface area (Å²) in [6.45, 7) is 4.15. The lowest BCUT2D eigenvalue weighted by Gasteiger charge is -2.40. The van der Waals surface area contributed by atoms with Gasteiger partial charge in [0.2, 0.25) is 11.0 Å². The quantitative estimate of drug-likeness (QED) is 0.575. The minimum Gasteiger partial charge on any atom is -0.343 e. The number of aromatic nitrogens is 2. The van der Waals surface area contributed by atoms with Crippen molar-refractivity contribution < 1.29 is 4.79 Å². The molecule has 0 bridgehead atoms. The van der Waals surface area contributed by atoms with E-state index in [1.807, 2.05) is 53.4 Å². The van der Waals surface area contributed by atoms with Crippen LogP contribution in [-0.2, 0) is 11.2 Å². The molecule has 150 valence electrons. The van der Waals surface area contributed by atoms with E-state index in [9.17, 15) is 4.79 Å². The lowest BCUT2D eigenvalue weighted by molar-refractivity contribution is -0.133. The number of carbonyl (C=O) groups excluding carboxylic acids is 1. The van der Waals surface area contributed by atoms with E-state index >= 15 is 0 Å². The first-order valence-electron chi connectivity index (χ1n) is 9.73. The Kier molecular flexibility index (Phi) is 6.11. The molecule has 1 aromatic heterocycles. The highest BCUT2D eigenvalue weighted by molar-refractivity contribution is 7.09. The number of hydrogen-bond donors (Lipinski definition) is 0. The molecule has 0 saturated carbocycles. The largest absolute Gasteiger partial charge is 0.343 e. The van der Waals surface area contributed by atoms with Gasteiger partial charge in [-0.05, 0) is 18.1 Å². The van der Waals surface area contributed by atoms with Crippen molar-refractivity contribution in [2.75, 3.05) is 24.5 Å². The van der Waals surface area contributed by atoms with Crippen molar-refractivity contribution in [1.29, 1.82) is 0 Å². The molecule has 1 fully saturated rings. The van der Waals surface area contributed by atoms with Gasteiger partial charge in [0.15, 0.2) is 0 Å². The van der Waals surface area contributed by atoms with E-state index in [1.54, 1.807) is 0 Å². The first-order valence-corrected chi connectivity index (χ1v) is 10.9. The van der Waals surface area contributed by atoms with Crippen molar-refractivity contribution in [2.24, 2.45) is 0 Å². The second kappa shape index (κ2) is 8.93. The summed E-state index contributed by atoms with van der Waals surface area (Å²) in [5.74, 6) is 0.805. The Morgan fingerprint density at radius 1 is 1.14 bits per heavy atom. The predicted molar refractivity (Wildman–Crippen MR) is 118 cm³/mol. The molecule has 1 aliphatic heterocycles. The lowest BCUT2D eigenvalue weighted by Crippen LogP contribution is -2.54. The number of piperazine rings is 1. The van der Waals surface area contributed by atoms with Crippen LogP contribution < -0.4 is 4.90 Å². The molecule has 7 heteroatoms. The summed E-state index contributed by atoms with van der Waals surface area (Å²) in [6.07, 6.45) is 0.732. The van der Waals surface area contributed by atoms with Crippen molar-refractivity contribution in [3.05, 3.63) is 77.6 Å². The number of rotatable bonds is 5.